The van der Waals surface area contributed by atoms with Crippen molar-refractivity contribution in [3.05, 3.63) is 78.9 Å². The van der Waals surface area contributed by atoms with Crippen LogP contribution in [0.1, 0.15) is 10.4 Å². The first-order chi connectivity index (χ1) is 15.2. The number of nitrogens with zero attached hydrogens (tertiary/aromatic N) is 4. The van der Waals surface area contributed by atoms with Gasteiger partial charge in [-0.3, -0.25) is 4.79 Å². The van der Waals surface area contributed by atoms with E-state index in [1.54, 1.807) is 20.3 Å². The van der Waals surface area contributed by atoms with Crippen molar-refractivity contribution in [2.45, 2.75) is 0 Å². The Morgan fingerprint density at radius 1 is 0.871 bits per heavy atom. The van der Waals surface area contributed by atoms with Gasteiger partial charge in [0.1, 0.15) is 23.6 Å². The van der Waals surface area contributed by atoms with Crippen molar-refractivity contribution < 1.29 is 14.3 Å². The second-order valence-electron chi connectivity index (χ2n) is 6.47. The number of methoxy groups -OCH3 is 2. The van der Waals surface area contributed by atoms with Crippen molar-refractivity contribution in [1.29, 1.82) is 0 Å². The number of anilines is 1. The van der Waals surface area contributed by atoms with Crippen LogP contribution in [0.4, 0.5) is 5.82 Å². The number of hydrogen-bond acceptors (Lipinski definition) is 7. The molecule has 8 nitrogen and oxygen atoms in total. The van der Waals surface area contributed by atoms with Crippen molar-refractivity contribution in [3.63, 3.8) is 0 Å². The molecule has 0 aliphatic carbocycles. The van der Waals surface area contributed by atoms with E-state index < -0.39 is 0 Å². The van der Waals surface area contributed by atoms with Gasteiger partial charge in [-0.1, -0.05) is 12.1 Å². The lowest BCUT2D eigenvalue weighted by atomic mass is 10.1. The number of para-hydroxylation sites is 1. The average Bonchev–Trinajstić information content (AvgIpc) is 2.84. The van der Waals surface area contributed by atoms with Crippen molar-refractivity contribution in [2.75, 3.05) is 19.5 Å². The smallest absolute Gasteiger partial charge is 0.259 e. The highest BCUT2D eigenvalue weighted by molar-refractivity contribution is 6.03. The maximum absolute atomic E-state index is 12.6. The van der Waals surface area contributed by atoms with Crippen LogP contribution in [-0.2, 0) is 0 Å². The Balaban J connectivity index is 1.50. The molecule has 0 radical (unpaired) electrons. The molecule has 0 atom stereocenters. The summed E-state index contributed by atoms with van der Waals surface area (Å²) in [4.78, 5) is 29.6. The molecule has 8 heteroatoms. The minimum Gasteiger partial charge on any atom is -0.497 e. The molecule has 0 bridgehead atoms. The average molecular weight is 413 g/mol. The van der Waals surface area contributed by atoms with E-state index in [-0.39, 0.29) is 5.91 Å². The fraction of sp³-hybridized carbons (Fsp3) is 0.0870. The molecule has 4 rings (SSSR count). The molecular formula is C23H19N5O3. The van der Waals surface area contributed by atoms with Crippen molar-refractivity contribution >= 4 is 11.7 Å². The molecule has 0 aliphatic heterocycles. The highest BCUT2D eigenvalue weighted by Crippen LogP contribution is 2.26. The molecule has 2 aromatic carbocycles. The Bertz CT molecular complexity index is 1190. The number of carbonyl (C=O) groups excluding carboxylic acids is 1. The van der Waals surface area contributed by atoms with E-state index in [2.05, 4.69) is 25.3 Å². The molecular weight excluding hydrogens is 394 g/mol. The minimum absolute atomic E-state index is 0.309. The van der Waals surface area contributed by atoms with Gasteiger partial charge >= 0.3 is 0 Å². The van der Waals surface area contributed by atoms with Gasteiger partial charge in [0.25, 0.3) is 5.91 Å². The lowest BCUT2D eigenvalue weighted by Crippen LogP contribution is -2.14. The Hall–Kier alpha value is -4.33. The van der Waals surface area contributed by atoms with Crippen LogP contribution in [0.5, 0.6) is 11.5 Å². The molecule has 0 saturated carbocycles. The highest BCUT2D eigenvalue weighted by Gasteiger charge is 2.12. The summed E-state index contributed by atoms with van der Waals surface area (Å²) in [6.07, 6.45) is 4.34. The Morgan fingerprint density at radius 2 is 1.61 bits per heavy atom. The van der Waals surface area contributed by atoms with Crippen molar-refractivity contribution in [2.24, 2.45) is 0 Å². The SMILES string of the molecule is COc1ccc(-c2cc(NC(=O)c3cnc(-c4ccccc4OC)nc3)ncn2)cc1. The van der Waals surface area contributed by atoms with E-state index in [0.29, 0.717) is 28.6 Å². The summed E-state index contributed by atoms with van der Waals surface area (Å²) in [5, 5.41) is 2.75. The van der Waals surface area contributed by atoms with Gasteiger partial charge in [-0.25, -0.2) is 19.9 Å². The zero-order chi connectivity index (χ0) is 21.6. The Kier molecular flexibility index (Phi) is 5.79. The predicted octanol–water partition coefficient (Wildman–Crippen LogP) is 3.87. The monoisotopic (exact) mass is 413 g/mol. The summed E-state index contributed by atoms with van der Waals surface area (Å²) in [6, 6.07) is 16.6. The number of aromatic nitrogens is 4. The fourth-order valence-corrected chi connectivity index (χ4v) is 2.95. The molecule has 0 unspecified atom stereocenters. The van der Waals surface area contributed by atoms with Crippen LogP contribution in [0.3, 0.4) is 0 Å². The normalized spacial score (nSPS) is 10.4. The van der Waals surface area contributed by atoms with E-state index in [9.17, 15) is 4.79 Å². The third-order valence-electron chi connectivity index (χ3n) is 4.56. The van der Waals surface area contributed by atoms with E-state index in [4.69, 9.17) is 9.47 Å². The number of hydrogen-bond donors (Lipinski definition) is 1. The van der Waals surface area contributed by atoms with Gasteiger partial charge in [0.15, 0.2) is 5.82 Å². The van der Waals surface area contributed by atoms with Gasteiger partial charge in [0.2, 0.25) is 0 Å². The molecule has 2 aromatic heterocycles. The molecule has 0 aliphatic rings. The summed E-state index contributed by atoms with van der Waals surface area (Å²) in [6.45, 7) is 0. The quantitative estimate of drug-likeness (QED) is 0.512. The van der Waals surface area contributed by atoms with Crippen LogP contribution >= 0.6 is 0 Å². The van der Waals surface area contributed by atoms with E-state index in [1.165, 1.54) is 18.7 Å². The number of carbonyl (C=O) groups is 1. The van der Waals surface area contributed by atoms with Crippen LogP contribution in [0, 0.1) is 0 Å². The molecule has 0 saturated heterocycles. The summed E-state index contributed by atoms with van der Waals surface area (Å²) in [5.74, 6) is 1.89. The first kappa shape index (κ1) is 20.0. The molecule has 0 fully saturated rings. The van der Waals surface area contributed by atoms with Gasteiger partial charge in [0.05, 0.1) is 31.0 Å². The largest absolute Gasteiger partial charge is 0.497 e. The number of benzene rings is 2. The Morgan fingerprint density at radius 3 is 2.32 bits per heavy atom. The summed E-state index contributed by atoms with van der Waals surface area (Å²) >= 11 is 0. The van der Waals surface area contributed by atoms with Gasteiger partial charge < -0.3 is 14.8 Å². The maximum Gasteiger partial charge on any atom is 0.259 e. The first-order valence-electron chi connectivity index (χ1n) is 9.41. The zero-order valence-corrected chi connectivity index (χ0v) is 16.9. The maximum atomic E-state index is 12.6. The number of rotatable bonds is 6. The second kappa shape index (κ2) is 9.00. The van der Waals surface area contributed by atoms with E-state index in [1.807, 2.05) is 48.5 Å². The Labute approximate surface area is 179 Å². The lowest BCUT2D eigenvalue weighted by molar-refractivity contribution is 0.102. The number of ether oxygens (including phenoxy) is 2. The number of amides is 1. The van der Waals surface area contributed by atoms with Gasteiger partial charge in [-0.15, -0.1) is 0 Å². The summed E-state index contributed by atoms with van der Waals surface area (Å²) in [7, 11) is 3.20. The van der Waals surface area contributed by atoms with Crippen molar-refractivity contribution in [1.82, 2.24) is 19.9 Å². The van der Waals surface area contributed by atoms with Crippen LogP contribution < -0.4 is 14.8 Å². The standard InChI is InChI=1S/C23H19N5O3/c1-30-17-9-7-15(8-10-17)19-11-21(27-14-26-19)28-23(29)16-12-24-22(25-13-16)18-5-3-4-6-20(18)31-2/h3-14H,1-2H3,(H,26,27,28,29). The minimum atomic E-state index is -0.369. The topological polar surface area (TPSA) is 99.1 Å². The molecule has 1 N–H and O–H groups in total. The second-order valence-corrected chi connectivity index (χ2v) is 6.47. The predicted molar refractivity (Wildman–Crippen MR) is 116 cm³/mol. The van der Waals surface area contributed by atoms with Crippen LogP contribution in [-0.4, -0.2) is 40.1 Å². The summed E-state index contributed by atoms with van der Waals surface area (Å²) in [5.41, 5.74) is 2.61. The molecule has 1 amide bonds. The molecule has 31 heavy (non-hydrogen) atoms. The lowest BCUT2D eigenvalue weighted by Gasteiger charge is -2.08. The van der Waals surface area contributed by atoms with Gasteiger partial charge in [-0.2, -0.15) is 0 Å². The van der Waals surface area contributed by atoms with Crippen LogP contribution in [0.2, 0.25) is 0 Å². The molecule has 0 spiro atoms. The van der Waals surface area contributed by atoms with Crippen LogP contribution in [0.25, 0.3) is 22.6 Å². The van der Waals surface area contributed by atoms with Gasteiger partial charge in [0, 0.05) is 24.0 Å². The molecule has 4 aromatic rings. The van der Waals surface area contributed by atoms with E-state index >= 15 is 0 Å². The summed E-state index contributed by atoms with van der Waals surface area (Å²) < 4.78 is 10.5. The molecule has 154 valence electrons. The fourth-order valence-electron chi connectivity index (χ4n) is 2.95. The van der Waals surface area contributed by atoms with Gasteiger partial charge in [-0.05, 0) is 36.4 Å². The number of nitrogens with one attached hydrogen (secondary N) is 1. The van der Waals surface area contributed by atoms with Crippen LogP contribution in [0.15, 0.2) is 73.3 Å². The zero-order valence-electron chi connectivity index (χ0n) is 16.9. The highest BCUT2D eigenvalue weighted by atomic mass is 16.5. The third kappa shape index (κ3) is 4.48. The van der Waals surface area contributed by atoms with Crippen molar-refractivity contribution in [3.8, 4) is 34.1 Å². The first-order valence-corrected chi connectivity index (χ1v) is 9.41. The third-order valence-corrected chi connectivity index (χ3v) is 4.56. The molecule has 2 heterocycles. The van der Waals surface area contributed by atoms with E-state index in [0.717, 1.165) is 16.9 Å².